The van der Waals surface area contributed by atoms with Gasteiger partial charge in [0.25, 0.3) is 7.82 Å². The van der Waals surface area contributed by atoms with Crippen LogP contribution < -0.4 is 10.6 Å². The largest absolute Gasteiger partial charge is 0.756 e. The Balaban J connectivity index is 3.92. The third-order valence-corrected chi connectivity index (χ3v) is 5.68. The molecule has 0 amide bonds. The lowest BCUT2D eigenvalue weighted by Crippen LogP contribution is -2.39. The van der Waals surface area contributed by atoms with Crippen molar-refractivity contribution < 1.29 is 37.7 Å². The molecule has 0 aliphatic rings. The summed E-state index contributed by atoms with van der Waals surface area (Å²) in [6.45, 7) is -2.89. The van der Waals surface area contributed by atoms with Gasteiger partial charge in [-0.3, -0.25) is 4.57 Å². The van der Waals surface area contributed by atoms with Gasteiger partial charge in [0.05, 0.1) is 39.9 Å². The first-order valence-corrected chi connectivity index (χ1v) is 12.7. The van der Waals surface area contributed by atoms with E-state index in [0.717, 1.165) is 51.4 Å². The van der Waals surface area contributed by atoms with E-state index in [0.29, 0.717) is 17.4 Å². The van der Waals surface area contributed by atoms with Gasteiger partial charge in [0.2, 0.25) is 0 Å². The quantitative estimate of drug-likeness (QED) is 0.113. The molecule has 0 fully saturated rings. The van der Waals surface area contributed by atoms with Gasteiger partial charge >= 0.3 is 0 Å². The fourth-order valence-electron chi connectivity index (χ4n) is 2.72. The third-order valence-electron chi connectivity index (χ3n) is 4.72. The molecule has 0 spiro atoms. The smallest absolute Gasteiger partial charge is 0.268 e. The highest BCUT2D eigenvalue weighted by molar-refractivity contribution is 7.45. The Labute approximate surface area is 201 Å². The normalized spacial score (nSPS) is 21.2. The lowest BCUT2D eigenvalue weighted by Gasteiger charge is -2.28. The van der Waals surface area contributed by atoms with Gasteiger partial charge in [-0.1, -0.05) is 83.1 Å². The number of aliphatic hydroxyl groups is 1. The van der Waals surface area contributed by atoms with Crippen LogP contribution in [-0.4, -0.2) is 62.6 Å². The van der Waals surface area contributed by atoms with Crippen LogP contribution in [0.1, 0.15) is 93.4 Å². The molecule has 0 aromatic heterocycles. The van der Waals surface area contributed by atoms with Crippen molar-refractivity contribution in [2.75, 3.05) is 40.9 Å². The summed E-state index contributed by atoms with van der Waals surface area (Å²) < 4.78 is 74.4. The second-order valence-electron chi connectivity index (χ2n) is 8.84. The first-order valence-electron chi connectivity index (χ1n) is 14.7. The molecule has 1 unspecified atom stereocenters. The molecular weight excluding hydrogens is 415 g/mol. The van der Waals surface area contributed by atoms with E-state index in [1.807, 2.05) is 27.2 Å². The summed E-state index contributed by atoms with van der Waals surface area (Å²) in [5.74, 6) is 0. The lowest BCUT2D eigenvalue weighted by atomic mass is 10.0. The Morgan fingerprint density at radius 2 is 1.68 bits per heavy atom. The number of unbranched alkanes of at least 4 members (excludes halogenated alkanes) is 8. The van der Waals surface area contributed by atoms with Crippen molar-refractivity contribution >= 4 is 7.82 Å². The van der Waals surface area contributed by atoms with E-state index in [-0.39, 0.29) is 19.6 Å². The van der Waals surface area contributed by atoms with Crippen molar-refractivity contribution in [1.82, 2.24) is 0 Å². The summed E-state index contributed by atoms with van der Waals surface area (Å²) in [6, 6.07) is -0.905. The Bertz CT molecular complexity index is 734. The van der Waals surface area contributed by atoms with Crippen LogP contribution in [0.3, 0.4) is 0 Å². The first-order chi connectivity index (χ1) is 17.2. The first kappa shape index (κ1) is 20.1. The number of quaternary nitrogens is 1. The Hall–Kier alpha value is -0.270. The molecular formula is C23H49N2O5P. The molecule has 0 heterocycles. The molecule has 3 N–H and O–H groups in total. The van der Waals surface area contributed by atoms with Crippen LogP contribution in [0.5, 0.6) is 0 Å². The molecule has 0 saturated carbocycles. The summed E-state index contributed by atoms with van der Waals surface area (Å²) >= 11 is 0. The zero-order valence-corrected chi connectivity index (χ0v) is 20.4. The van der Waals surface area contributed by atoms with Crippen molar-refractivity contribution in [1.29, 1.82) is 0 Å². The van der Waals surface area contributed by atoms with E-state index < -0.39 is 39.6 Å². The van der Waals surface area contributed by atoms with Crippen LogP contribution in [0, 0.1) is 0 Å². The summed E-state index contributed by atoms with van der Waals surface area (Å²) in [4.78, 5) is 11.8. The van der Waals surface area contributed by atoms with Crippen molar-refractivity contribution in [3.05, 3.63) is 12.2 Å². The molecule has 0 bridgehead atoms. The van der Waals surface area contributed by atoms with Gasteiger partial charge in [-0.05, 0) is 12.8 Å². The second-order valence-corrected chi connectivity index (χ2v) is 10.3. The number of phosphoric ester groups is 1. The average molecular weight is 472 g/mol. The predicted molar refractivity (Wildman–Crippen MR) is 127 cm³/mol. The number of allylic oxidation sites excluding steroid dienone is 1. The van der Waals surface area contributed by atoms with Crippen molar-refractivity contribution in [3.8, 4) is 0 Å². The Morgan fingerprint density at radius 1 is 1.10 bits per heavy atom. The number of phosphoric acid groups is 1. The minimum atomic E-state index is -4.48. The van der Waals surface area contributed by atoms with Gasteiger partial charge in [-0.15, -0.1) is 0 Å². The minimum absolute atomic E-state index is 0.00485. The van der Waals surface area contributed by atoms with E-state index in [9.17, 15) is 14.6 Å². The fraction of sp³-hybridized carbons (Fsp3) is 0.913. The molecule has 7 nitrogen and oxygen atoms in total. The SMILES string of the molecule is [2H]C([2H])([2H])C([2H])([2H])C([2H])([2H])CCCCCCCCCC/C=C/[C@@H](O)[C@@H](N)COP(=O)([O-])OCC[N+](C)(C)C. The van der Waals surface area contributed by atoms with Crippen molar-refractivity contribution in [3.63, 3.8) is 0 Å². The molecule has 0 aromatic rings. The fourth-order valence-corrected chi connectivity index (χ4v) is 3.45. The third kappa shape index (κ3) is 21.3. The number of nitrogens with two attached hydrogens (primary N) is 1. The van der Waals surface area contributed by atoms with E-state index in [4.69, 9.17) is 24.4 Å². The molecule has 0 saturated heterocycles. The molecule has 0 aliphatic carbocycles. The lowest BCUT2D eigenvalue weighted by molar-refractivity contribution is -0.870. The van der Waals surface area contributed by atoms with Gasteiger partial charge in [0.1, 0.15) is 13.2 Å². The average Bonchev–Trinajstić information content (AvgIpc) is 2.76. The van der Waals surface area contributed by atoms with Gasteiger partial charge in [-0.25, -0.2) is 0 Å². The zero-order chi connectivity index (χ0) is 29.7. The standard InChI is InChI=1S/C23H49N2O5P/c1-5-6-7-8-9-10-11-12-13-14-15-16-17-18-23(26)22(24)21-30-31(27,28)29-20-19-25(2,3)4/h17-18,22-23,26H,5-16,19-21,24H2,1-4H3/b18-17+/t22-,23+/m0/s1/i1D3,5D2,6D2. The van der Waals surface area contributed by atoms with Crippen LogP contribution in [0.15, 0.2) is 12.2 Å². The maximum atomic E-state index is 11.8. The molecule has 186 valence electrons. The molecule has 0 aliphatic heterocycles. The van der Waals surface area contributed by atoms with Crippen LogP contribution in [0.4, 0.5) is 0 Å². The monoisotopic (exact) mass is 471 g/mol. The highest BCUT2D eigenvalue weighted by atomic mass is 31.2. The van der Waals surface area contributed by atoms with E-state index in [1.165, 1.54) is 6.08 Å². The van der Waals surface area contributed by atoms with Gasteiger partial charge < -0.3 is 29.3 Å². The van der Waals surface area contributed by atoms with Gasteiger partial charge in [0, 0.05) is 9.60 Å². The zero-order valence-electron chi connectivity index (χ0n) is 26.6. The van der Waals surface area contributed by atoms with Gasteiger partial charge in [-0.2, -0.15) is 0 Å². The van der Waals surface area contributed by atoms with E-state index in [1.54, 1.807) is 0 Å². The number of aliphatic hydroxyl groups excluding tert-OH is 1. The molecule has 0 rings (SSSR count). The number of rotatable bonds is 21. The highest BCUT2D eigenvalue weighted by Gasteiger charge is 2.18. The number of hydrogen-bond donors (Lipinski definition) is 2. The van der Waals surface area contributed by atoms with E-state index in [2.05, 4.69) is 0 Å². The number of hydrogen-bond acceptors (Lipinski definition) is 6. The van der Waals surface area contributed by atoms with Crippen LogP contribution in [0.25, 0.3) is 0 Å². The Morgan fingerprint density at radius 3 is 2.26 bits per heavy atom. The van der Waals surface area contributed by atoms with Crippen LogP contribution >= 0.6 is 7.82 Å². The number of nitrogens with zero attached hydrogens (tertiary/aromatic N) is 1. The van der Waals surface area contributed by atoms with Crippen LogP contribution in [-0.2, 0) is 13.6 Å². The molecule has 0 aromatic carbocycles. The summed E-state index contributed by atoms with van der Waals surface area (Å²) in [6.07, 6.45) is 4.67. The summed E-state index contributed by atoms with van der Waals surface area (Å²) in [5, 5.41) is 10.1. The number of likely N-dealkylation sites (N-methyl/N-ethyl adjacent to an activating group) is 1. The van der Waals surface area contributed by atoms with Crippen molar-refractivity contribution in [2.45, 2.75) is 96.0 Å². The van der Waals surface area contributed by atoms with Crippen molar-refractivity contribution in [2.24, 2.45) is 5.73 Å². The minimum Gasteiger partial charge on any atom is -0.756 e. The molecule has 8 heteroatoms. The van der Waals surface area contributed by atoms with Gasteiger partial charge in [0.15, 0.2) is 0 Å². The molecule has 0 radical (unpaired) electrons. The molecule has 31 heavy (non-hydrogen) atoms. The Kier molecular flexibility index (Phi) is 11.8. The van der Waals surface area contributed by atoms with E-state index >= 15 is 0 Å². The topological polar surface area (TPSA) is 105 Å². The summed E-state index contributed by atoms with van der Waals surface area (Å²) in [7, 11) is 1.25. The highest BCUT2D eigenvalue weighted by Crippen LogP contribution is 2.38. The maximum Gasteiger partial charge on any atom is 0.268 e. The summed E-state index contributed by atoms with van der Waals surface area (Å²) in [5.41, 5.74) is 5.81. The second kappa shape index (κ2) is 18.2. The van der Waals surface area contributed by atoms with Crippen LogP contribution in [0.2, 0.25) is 0 Å². The predicted octanol–water partition coefficient (Wildman–Crippen LogP) is 4.14. The maximum absolute atomic E-state index is 11.8. The molecule has 3 atom stereocenters.